The van der Waals surface area contributed by atoms with Crippen molar-refractivity contribution in [3.05, 3.63) is 60.9 Å². The molecule has 35 heavy (non-hydrogen) atoms. The number of benzene rings is 2. The molecule has 0 radical (unpaired) electrons. The number of carbonyl (C=O) groups excluding carboxylic acids is 2. The first-order chi connectivity index (χ1) is 17.0. The largest absolute Gasteiger partial charge is 0.457 e. The predicted octanol–water partition coefficient (Wildman–Crippen LogP) is 3.21. The van der Waals surface area contributed by atoms with E-state index < -0.39 is 0 Å². The first-order valence-electron chi connectivity index (χ1n) is 11.1. The van der Waals surface area contributed by atoms with Crippen molar-refractivity contribution >= 4 is 35.3 Å². The molecule has 1 aromatic heterocycles. The van der Waals surface area contributed by atoms with Crippen LogP contribution in [0.1, 0.15) is 13.3 Å². The van der Waals surface area contributed by atoms with Gasteiger partial charge in [0.05, 0.1) is 6.04 Å². The van der Waals surface area contributed by atoms with Crippen LogP contribution < -0.4 is 20.3 Å². The molecule has 3 aromatic rings. The molecule has 0 saturated carbocycles. The Bertz CT molecular complexity index is 1250. The van der Waals surface area contributed by atoms with Crippen molar-refractivity contribution in [3.63, 3.8) is 0 Å². The van der Waals surface area contributed by atoms with Gasteiger partial charge in [-0.15, -0.1) is 0 Å². The number of anilines is 4. The molecule has 0 spiro atoms. The van der Waals surface area contributed by atoms with Crippen LogP contribution in [0.2, 0.25) is 0 Å². The van der Waals surface area contributed by atoms with Crippen LogP contribution >= 0.6 is 0 Å². The molecule has 1 unspecified atom stereocenters. The summed E-state index contributed by atoms with van der Waals surface area (Å²) in [6.45, 7) is 2.50. The molecular formula is C26H26N6O3. The maximum absolute atomic E-state index is 12.2. The Labute approximate surface area is 204 Å². The van der Waals surface area contributed by atoms with E-state index in [1.165, 1.54) is 11.2 Å². The molecule has 4 rings (SSSR count). The Morgan fingerprint density at radius 1 is 1.14 bits per heavy atom. The van der Waals surface area contributed by atoms with Crippen LogP contribution in [0.5, 0.6) is 11.5 Å². The number of hydrogen-bond donors (Lipinski definition) is 1. The quantitative estimate of drug-likeness (QED) is 0.418. The lowest BCUT2D eigenvalue weighted by Crippen LogP contribution is -2.39. The molecule has 1 aliphatic heterocycles. The minimum absolute atomic E-state index is 0.233. The van der Waals surface area contributed by atoms with Gasteiger partial charge in [0.25, 0.3) is 5.91 Å². The van der Waals surface area contributed by atoms with Gasteiger partial charge in [0, 0.05) is 25.8 Å². The third-order valence-electron chi connectivity index (χ3n) is 5.80. The van der Waals surface area contributed by atoms with Gasteiger partial charge in [0.2, 0.25) is 6.41 Å². The van der Waals surface area contributed by atoms with Gasteiger partial charge < -0.3 is 20.3 Å². The predicted molar refractivity (Wildman–Crippen MR) is 134 cm³/mol. The van der Waals surface area contributed by atoms with E-state index in [1.54, 1.807) is 11.8 Å². The zero-order chi connectivity index (χ0) is 24.8. The molecule has 1 saturated heterocycles. The van der Waals surface area contributed by atoms with Crippen LogP contribution in [0.3, 0.4) is 0 Å². The second kappa shape index (κ2) is 10.6. The van der Waals surface area contributed by atoms with Crippen molar-refractivity contribution < 1.29 is 14.3 Å². The van der Waals surface area contributed by atoms with Crippen LogP contribution in [0.25, 0.3) is 0 Å². The van der Waals surface area contributed by atoms with E-state index in [0.29, 0.717) is 36.8 Å². The smallest absolute Gasteiger partial charge is 0.298 e. The standard InChI is InChI=1S/C26H26N6O3/c1-3-7-23(34)31-15-14-20(16-31)32(18-33)26-24(25(27)28-17-29-26)30(2)19-10-12-22(13-11-19)35-21-8-5-4-6-9-21/h4-6,8-13,17-18,20H,14-16H2,1-2H3,(H2,27,28,29). The van der Waals surface area contributed by atoms with E-state index in [2.05, 4.69) is 21.8 Å². The second-order valence-electron chi connectivity index (χ2n) is 7.98. The number of ether oxygens (including phenoxy) is 1. The van der Waals surface area contributed by atoms with Crippen molar-refractivity contribution in [1.29, 1.82) is 0 Å². The molecule has 178 valence electrons. The third-order valence-corrected chi connectivity index (χ3v) is 5.80. The SMILES string of the molecule is CC#CC(=O)N1CCC(N(C=O)c2ncnc(N)c2N(C)c2ccc(Oc3ccccc3)cc2)C1. The van der Waals surface area contributed by atoms with E-state index in [1.807, 2.05) is 66.5 Å². The van der Waals surface area contributed by atoms with Gasteiger partial charge in [-0.3, -0.25) is 14.5 Å². The van der Waals surface area contributed by atoms with Gasteiger partial charge in [-0.2, -0.15) is 0 Å². The Kier molecular flexibility index (Phi) is 7.12. The summed E-state index contributed by atoms with van der Waals surface area (Å²) in [5, 5.41) is 0. The summed E-state index contributed by atoms with van der Waals surface area (Å²) in [6, 6.07) is 16.7. The van der Waals surface area contributed by atoms with Crippen molar-refractivity contribution in [2.75, 3.05) is 35.7 Å². The van der Waals surface area contributed by atoms with Gasteiger partial charge >= 0.3 is 0 Å². The zero-order valence-electron chi connectivity index (χ0n) is 19.6. The first kappa shape index (κ1) is 23.6. The summed E-state index contributed by atoms with van der Waals surface area (Å²) in [5.41, 5.74) is 7.56. The highest BCUT2D eigenvalue weighted by Gasteiger charge is 2.33. The molecule has 2 N–H and O–H groups in total. The minimum Gasteiger partial charge on any atom is -0.457 e. The monoisotopic (exact) mass is 470 g/mol. The summed E-state index contributed by atoms with van der Waals surface area (Å²) in [5.74, 6) is 6.96. The number of carbonyl (C=O) groups is 2. The zero-order valence-corrected chi connectivity index (χ0v) is 19.6. The first-order valence-corrected chi connectivity index (χ1v) is 11.1. The van der Waals surface area contributed by atoms with Gasteiger partial charge in [0.15, 0.2) is 11.6 Å². The summed E-state index contributed by atoms with van der Waals surface area (Å²) in [7, 11) is 1.83. The number of aromatic nitrogens is 2. The van der Waals surface area contributed by atoms with E-state index in [4.69, 9.17) is 10.5 Å². The van der Waals surface area contributed by atoms with Crippen LogP contribution in [0.4, 0.5) is 23.0 Å². The van der Waals surface area contributed by atoms with Gasteiger partial charge in [-0.25, -0.2) is 9.97 Å². The highest BCUT2D eigenvalue weighted by molar-refractivity contribution is 5.94. The second-order valence-corrected chi connectivity index (χ2v) is 7.98. The maximum Gasteiger partial charge on any atom is 0.298 e. The fourth-order valence-electron chi connectivity index (χ4n) is 4.03. The third kappa shape index (κ3) is 5.17. The molecule has 1 aliphatic rings. The maximum atomic E-state index is 12.2. The van der Waals surface area contributed by atoms with Crippen LogP contribution in [-0.2, 0) is 9.59 Å². The molecule has 9 heteroatoms. The Morgan fingerprint density at radius 2 is 1.86 bits per heavy atom. The van der Waals surface area contributed by atoms with Gasteiger partial charge in [-0.05, 0) is 55.7 Å². The number of likely N-dealkylation sites (tertiary alicyclic amines) is 1. The average molecular weight is 471 g/mol. The minimum atomic E-state index is -0.252. The van der Waals surface area contributed by atoms with Crippen molar-refractivity contribution in [1.82, 2.24) is 14.9 Å². The number of rotatable bonds is 7. The van der Waals surface area contributed by atoms with Crippen molar-refractivity contribution in [2.45, 2.75) is 19.4 Å². The lowest BCUT2D eigenvalue weighted by molar-refractivity contribution is -0.124. The number of nitrogens with zero attached hydrogens (tertiary/aromatic N) is 5. The van der Waals surface area contributed by atoms with E-state index in [9.17, 15) is 9.59 Å². The number of nitrogens with two attached hydrogens (primary N) is 1. The number of para-hydroxylation sites is 1. The summed E-state index contributed by atoms with van der Waals surface area (Å²) in [6.07, 6.45) is 2.66. The molecule has 0 bridgehead atoms. The van der Waals surface area contributed by atoms with E-state index in [-0.39, 0.29) is 17.8 Å². The Hall–Kier alpha value is -4.58. The lowest BCUT2D eigenvalue weighted by Gasteiger charge is -2.29. The van der Waals surface area contributed by atoms with Gasteiger partial charge in [0.1, 0.15) is 23.5 Å². The van der Waals surface area contributed by atoms with Crippen LogP contribution in [-0.4, -0.2) is 53.4 Å². The van der Waals surface area contributed by atoms with Crippen LogP contribution in [0.15, 0.2) is 60.9 Å². The fourth-order valence-corrected chi connectivity index (χ4v) is 4.03. The normalized spacial score (nSPS) is 14.6. The molecule has 2 heterocycles. The lowest BCUT2D eigenvalue weighted by atomic mass is 10.2. The topological polar surface area (TPSA) is 105 Å². The van der Waals surface area contributed by atoms with E-state index >= 15 is 0 Å². The number of nitrogen functional groups attached to an aromatic ring is 1. The molecule has 2 aromatic carbocycles. The molecule has 2 amide bonds. The summed E-state index contributed by atoms with van der Waals surface area (Å²) in [4.78, 5) is 37.9. The summed E-state index contributed by atoms with van der Waals surface area (Å²) >= 11 is 0. The number of amides is 2. The molecule has 1 atom stereocenters. The highest BCUT2D eigenvalue weighted by atomic mass is 16.5. The van der Waals surface area contributed by atoms with Crippen molar-refractivity contribution in [3.8, 4) is 23.3 Å². The highest BCUT2D eigenvalue weighted by Crippen LogP contribution is 2.37. The Balaban J connectivity index is 1.58. The molecule has 1 fully saturated rings. The number of hydrogen-bond acceptors (Lipinski definition) is 7. The fraction of sp³-hybridized carbons (Fsp3) is 0.231. The molecular weight excluding hydrogens is 444 g/mol. The molecule has 0 aliphatic carbocycles. The molecule has 9 nitrogen and oxygen atoms in total. The van der Waals surface area contributed by atoms with Crippen LogP contribution in [0, 0.1) is 11.8 Å². The average Bonchev–Trinajstić information content (AvgIpc) is 3.36. The van der Waals surface area contributed by atoms with E-state index in [0.717, 1.165) is 17.8 Å². The van der Waals surface area contributed by atoms with Gasteiger partial charge in [-0.1, -0.05) is 24.1 Å². The summed E-state index contributed by atoms with van der Waals surface area (Å²) < 4.78 is 5.87. The Morgan fingerprint density at radius 3 is 2.54 bits per heavy atom. The van der Waals surface area contributed by atoms with Crippen molar-refractivity contribution in [2.24, 2.45) is 0 Å².